The summed E-state index contributed by atoms with van der Waals surface area (Å²) in [6.45, 7) is 9.73. The summed E-state index contributed by atoms with van der Waals surface area (Å²) < 4.78 is 1.60. The van der Waals surface area contributed by atoms with E-state index >= 15 is 0 Å². The second-order valence-corrected chi connectivity index (χ2v) is 3.94. The molecular weight excluding hydrogens is 264 g/mol. The maximum Gasteiger partial charge on any atom is 0.253 e. The summed E-state index contributed by atoms with van der Waals surface area (Å²) >= 11 is 0. The van der Waals surface area contributed by atoms with Crippen molar-refractivity contribution in [3.05, 3.63) is 58.2 Å². The number of aromatic nitrogens is 1. The molecule has 0 aliphatic carbocycles. The molecule has 0 saturated carbocycles. The van der Waals surface area contributed by atoms with Crippen LogP contribution in [0.25, 0.3) is 0 Å². The van der Waals surface area contributed by atoms with Crippen molar-refractivity contribution < 1.29 is 4.79 Å². The molecule has 0 spiro atoms. The topological polar surface area (TPSA) is 51.1 Å². The fourth-order valence-corrected chi connectivity index (χ4v) is 1.30. The van der Waals surface area contributed by atoms with E-state index in [9.17, 15) is 9.59 Å². The van der Waals surface area contributed by atoms with Gasteiger partial charge in [0.15, 0.2) is 0 Å². The summed E-state index contributed by atoms with van der Waals surface area (Å²) in [6.07, 6.45) is 8.83. The molecule has 21 heavy (non-hydrogen) atoms. The third-order valence-electron chi connectivity index (χ3n) is 2.41. The lowest BCUT2D eigenvalue weighted by atomic mass is 10.2. The van der Waals surface area contributed by atoms with Crippen LogP contribution in [-0.4, -0.2) is 11.0 Å². The van der Waals surface area contributed by atoms with E-state index in [1.807, 2.05) is 65.0 Å². The van der Waals surface area contributed by atoms with Crippen LogP contribution in [0.2, 0.25) is 0 Å². The number of aryl methyl sites for hydroxylation is 2. The molecule has 118 valence electrons. The first-order valence-corrected chi connectivity index (χ1v) is 7.21. The SMILES string of the molecule is C/C=C\C=C(\C)NC=O.CC.CCc1cccn(C)c1=O. The van der Waals surface area contributed by atoms with Crippen molar-refractivity contribution in [2.45, 2.75) is 41.0 Å². The lowest BCUT2D eigenvalue weighted by molar-refractivity contribution is -0.108. The Bertz CT molecular complexity index is 500. The summed E-state index contributed by atoms with van der Waals surface area (Å²) in [5.74, 6) is 0. The molecule has 1 N–H and O–H groups in total. The number of allylic oxidation sites excluding steroid dienone is 4. The molecule has 0 aliphatic heterocycles. The van der Waals surface area contributed by atoms with Crippen LogP contribution in [-0.2, 0) is 18.3 Å². The molecule has 4 heteroatoms. The minimum atomic E-state index is 0.116. The number of nitrogens with one attached hydrogen (secondary N) is 1. The van der Waals surface area contributed by atoms with Gasteiger partial charge in [-0.05, 0) is 32.4 Å². The van der Waals surface area contributed by atoms with E-state index in [1.165, 1.54) is 0 Å². The number of amides is 1. The van der Waals surface area contributed by atoms with Crippen LogP contribution in [0.4, 0.5) is 0 Å². The van der Waals surface area contributed by atoms with E-state index in [-0.39, 0.29) is 5.56 Å². The van der Waals surface area contributed by atoms with Gasteiger partial charge in [0.1, 0.15) is 0 Å². The van der Waals surface area contributed by atoms with E-state index in [2.05, 4.69) is 5.32 Å². The van der Waals surface area contributed by atoms with Crippen molar-refractivity contribution in [1.29, 1.82) is 0 Å². The van der Waals surface area contributed by atoms with Gasteiger partial charge >= 0.3 is 0 Å². The fourth-order valence-electron chi connectivity index (χ4n) is 1.30. The standard InChI is InChI=1S/C8H11NO.C7H11NO.C2H6/c1-3-7-5-4-6-9(2)8(7)10;1-3-4-5-7(2)8-6-9;1-2/h4-6H,3H2,1-2H3;3-6H,1-2H3,(H,8,9);1-2H3/b;4-3-,7-5-;. The molecule has 0 saturated heterocycles. The molecule has 1 heterocycles. The van der Waals surface area contributed by atoms with Gasteiger partial charge in [0, 0.05) is 24.5 Å². The van der Waals surface area contributed by atoms with Crippen LogP contribution >= 0.6 is 0 Å². The Morgan fingerprint density at radius 3 is 2.43 bits per heavy atom. The molecule has 1 aromatic rings. The highest BCUT2D eigenvalue weighted by Crippen LogP contribution is 1.89. The van der Waals surface area contributed by atoms with Gasteiger partial charge in [-0.15, -0.1) is 0 Å². The Hall–Kier alpha value is -2.10. The average Bonchev–Trinajstić information content (AvgIpc) is 2.51. The molecule has 0 aliphatic rings. The van der Waals surface area contributed by atoms with Crippen molar-refractivity contribution in [2.24, 2.45) is 7.05 Å². The van der Waals surface area contributed by atoms with Gasteiger partial charge in [-0.2, -0.15) is 0 Å². The minimum absolute atomic E-state index is 0.116. The van der Waals surface area contributed by atoms with Crippen molar-refractivity contribution in [3.8, 4) is 0 Å². The van der Waals surface area contributed by atoms with Crippen LogP contribution in [0.15, 0.2) is 47.0 Å². The summed E-state index contributed by atoms with van der Waals surface area (Å²) in [5.41, 5.74) is 1.85. The van der Waals surface area contributed by atoms with Crippen LogP contribution in [0, 0.1) is 0 Å². The molecule has 1 aromatic heterocycles. The molecule has 0 unspecified atom stereocenters. The number of carbonyl (C=O) groups is 1. The molecule has 1 amide bonds. The number of rotatable bonds is 4. The third kappa shape index (κ3) is 10.4. The van der Waals surface area contributed by atoms with E-state index < -0.39 is 0 Å². The normalized spacial score (nSPS) is 10.1. The second kappa shape index (κ2) is 14.3. The molecule has 0 aromatic carbocycles. The number of hydrogen-bond acceptors (Lipinski definition) is 2. The summed E-state index contributed by atoms with van der Waals surface area (Å²) in [4.78, 5) is 21.0. The number of carbonyl (C=O) groups excluding carboxylic acids is 1. The van der Waals surface area contributed by atoms with E-state index in [0.29, 0.717) is 6.41 Å². The zero-order chi connectivity index (χ0) is 16.7. The largest absolute Gasteiger partial charge is 0.333 e. The Morgan fingerprint density at radius 1 is 1.38 bits per heavy atom. The predicted molar refractivity (Wildman–Crippen MR) is 90.2 cm³/mol. The second-order valence-electron chi connectivity index (χ2n) is 3.94. The Morgan fingerprint density at radius 2 is 2.00 bits per heavy atom. The van der Waals surface area contributed by atoms with Gasteiger partial charge in [0.05, 0.1) is 0 Å². The third-order valence-corrected chi connectivity index (χ3v) is 2.41. The predicted octanol–water partition coefficient (Wildman–Crippen LogP) is 3.19. The van der Waals surface area contributed by atoms with Gasteiger partial charge < -0.3 is 9.88 Å². The smallest absolute Gasteiger partial charge is 0.253 e. The minimum Gasteiger partial charge on any atom is -0.333 e. The highest BCUT2D eigenvalue weighted by Gasteiger charge is 1.94. The lowest BCUT2D eigenvalue weighted by Gasteiger charge is -1.97. The first-order chi connectivity index (χ1) is 10.1. The number of pyridine rings is 1. The Kier molecular flexibility index (Phi) is 14.5. The van der Waals surface area contributed by atoms with E-state index in [1.54, 1.807) is 17.8 Å². The molecule has 0 bridgehead atoms. The molecule has 0 atom stereocenters. The molecule has 4 nitrogen and oxygen atoms in total. The maximum atomic E-state index is 11.2. The quantitative estimate of drug-likeness (QED) is 0.684. The van der Waals surface area contributed by atoms with Crippen LogP contribution in [0.1, 0.15) is 40.2 Å². The molecule has 0 fully saturated rings. The maximum absolute atomic E-state index is 11.2. The zero-order valence-corrected chi connectivity index (χ0v) is 14.0. The van der Waals surface area contributed by atoms with E-state index in [0.717, 1.165) is 17.7 Å². The summed E-state index contributed by atoms with van der Waals surface area (Å²) in [7, 11) is 1.77. The zero-order valence-electron chi connectivity index (χ0n) is 14.0. The average molecular weight is 292 g/mol. The number of hydrogen-bond donors (Lipinski definition) is 1. The van der Waals surface area contributed by atoms with Gasteiger partial charge in [0.25, 0.3) is 5.56 Å². The summed E-state index contributed by atoms with van der Waals surface area (Å²) in [6, 6.07) is 3.75. The van der Waals surface area contributed by atoms with Crippen LogP contribution < -0.4 is 10.9 Å². The highest BCUT2D eigenvalue weighted by molar-refractivity contribution is 5.49. The van der Waals surface area contributed by atoms with Crippen molar-refractivity contribution in [1.82, 2.24) is 9.88 Å². The van der Waals surface area contributed by atoms with Crippen LogP contribution in [0.3, 0.4) is 0 Å². The molecular formula is C17H28N2O2. The Labute approximate surface area is 128 Å². The van der Waals surface area contributed by atoms with Gasteiger partial charge in [-0.1, -0.05) is 39.0 Å². The first kappa shape index (κ1) is 21.2. The monoisotopic (exact) mass is 292 g/mol. The van der Waals surface area contributed by atoms with Gasteiger partial charge in [-0.3, -0.25) is 9.59 Å². The van der Waals surface area contributed by atoms with Crippen molar-refractivity contribution in [2.75, 3.05) is 0 Å². The van der Waals surface area contributed by atoms with Crippen LogP contribution in [0.5, 0.6) is 0 Å². The van der Waals surface area contributed by atoms with Gasteiger partial charge in [-0.25, -0.2) is 0 Å². The highest BCUT2D eigenvalue weighted by atomic mass is 16.1. The van der Waals surface area contributed by atoms with Gasteiger partial charge in [0.2, 0.25) is 6.41 Å². The Balaban J connectivity index is 0. The molecule has 0 radical (unpaired) electrons. The fraction of sp³-hybridized carbons (Fsp3) is 0.412. The molecule has 1 rings (SSSR count). The number of nitrogens with zero attached hydrogens (tertiary/aromatic N) is 1. The first-order valence-electron chi connectivity index (χ1n) is 7.21. The van der Waals surface area contributed by atoms with E-state index in [4.69, 9.17) is 0 Å². The van der Waals surface area contributed by atoms with Crippen molar-refractivity contribution in [3.63, 3.8) is 0 Å². The lowest BCUT2D eigenvalue weighted by Crippen LogP contribution is -2.19. The summed E-state index contributed by atoms with van der Waals surface area (Å²) in [5, 5.41) is 2.51. The van der Waals surface area contributed by atoms with Crippen molar-refractivity contribution >= 4 is 6.41 Å².